The second kappa shape index (κ2) is 5.80. The van der Waals surface area contributed by atoms with Gasteiger partial charge in [0.2, 0.25) is 5.91 Å². The Morgan fingerprint density at radius 1 is 1.27 bits per heavy atom. The quantitative estimate of drug-likeness (QED) is 0.705. The first-order chi connectivity index (χ1) is 10.6. The fourth-order valence-electron chi connectivity index (χ4n) is 2.17. The van der Waals surface area contributed by atoms with Crippen LogP contribution in [0.2, 0.25) is 0 Å². The predicted octanol–water partition coefficient (Wildman–Crippen LogP) is 0.550. The van der Waals surface area contributed by atoms with Crippen LogP contribution in [0.15, 0.2) is 53.7 Å². The Hall–Kier alpha value is -2.96. The van der Waals surface area contributed by atoms with E-state index >= 15 is 0 Å². The van der Waals surface area contributed by atoms with Crippen LogP contribution in [0.3, 0.4) is 0 Å². The molecule has 22 heavy (non-hydrogen) atoms. The third kappa shape index (κ3) is 2.73. The number of amides is 1. The number of carbonyl (C=O) groups is 1. The number of hydrogen-bond acceptors (Lipinski definition) is 4. The van der Waals surface area contributed by atoms with Gasteiger partial charge >= 0.3 is 5.69 Å². The van der Waals surface area contributed by atoms with Gasteiger partial charge in [-0.2, -0.15) is 0 Å². The van der Waals surface area contributed by atoms with E-state index in [1.807, 2.05) is 12.1 Å². The molecule has 7 heteroatoms. The average molecular weight is 297 g/mol. The molecule has 0 spiro atoms. The number of hydrogen-bond donors (Lipinski definition) is 0. The Balaban J connectivity index is 1.75. The van der Waals surface area contributed by atoms with Crippen LogP contribution in [0.4, 0.5) is 0 Å². The molecule has 1 amide bonds. The van der Waals surface area contributed by atoms with E-state index in [1.54, 1.807) is 48.7 Å². The summed E-state index contributed by atoms with van der Waals surface area (Å²) in [5.41, 5.74) is 1.13. The minimum atomic E-state index is -0.321. The molecule has 0 unspecified atom stereocenters. The molecule has 0 saturated carbocycles. The van der Waals surface area contributed by atoms with E-state index in [1.165, 1.54) is 9.08 Å². The van der Waals surface area contributed by atoms with Gasteiger partial charge in [-0.15, -0.1) is 5.10 Å². The second-order valence-corrected chi connectivity index (χ2v) is 4.98. The molecule has 3 aromatic rings. The van der Waals surface area contributed by atoms with Crippen LogP contribution in [0, 0.1) is 0 Å². The van der Waals surface area contributed by atoms with Crippen molar-refractivity contribution in [3.8, 4) is 0 Å². The lowest BCUT2D eigenvalue weighted by molar-refractivity contribution is -0.131. The number of nitrogens with zero attached hydrogens (tertiary/aromatic N) is 5. The first-order valence-electron chi connectivity index (χ1n) is 6.82. The van der Waals surface area contributed by atoms with Crippen molar-refractivity contribution in [1.82, 2.24) is 24.1 Å². The molecular weight excluding hydrogens is 282 g/mol. The van der Waals surface area contributed by atoms with Gasteiger partial charge < -0.3 is 4.90 Å². The van der Waals surface area contributed by atoms with Crippen LogP contribution in [-0.4, -0.2) is 37.0 Å². The molecule has 3 rings (SSSR count). The summed E-state index contributed by atoms with van der Waals surface area (Å²) >= 11 is 0. The minimum absolute atomic E-state index is 0.0860. The Labute approximate surface area is 126 Å². The van der Waals surface area contributed by atoms with Crippen molar-refractivity contribution in [1.29, 1.82) is 0 Å². The average Bonchev–Trinajstić information content (AvgIpc) is 2.85. The lowest BCUT2D eigenvalue weighted by atomic mass is 10.3. The fourth-order valence-corrected chi connectivity index (χ4v) is 2.17. The third-order valence-corrected chi connectivity index (χ3v) is 3.34. The first-order valence-corrected chi connectivity index (χ1v) is 6.82. The molecule has 0 aliphatic rings. The van der Waals surface area contributed by atoms with E-state index < -0.39 is 0 Å². The Kier molecular flexibility index (Phi) is 3.69. The Morgan fingerprint density at radius 2 is 2.14 bits per heavy atom. The van der Waals surface area contributed by atoms with Crippen LogP contribution in [0.5, 0.6) is 0 Å². The highest BCUT2D eigenvalue weighted by atomic mass is 16.2. The maximum Gasteiger partial charge on any atom is 0.350 e. The van der Waals surface area contributed by atoms with Crippen molar-refractivity contribution in [3.63, 3.8) is 0 Å². The topological polar surface area (TPSA) is 72.5 Å². The lowest BCUT2D eigenvalue weighted by Gasteiger charge is -2.16. The summed E-state index contributed by atoms with van der Waals surface area (Å²) in [6.07, 6.45) is 5.02. The summed E-state index contributed by atoms with van der Waals surface area (Å²) in [7, 11) is 1.69. The number of pyridine rings is 2. The maximum absolute atomic E-state index is 12.2. The molecule has 3 heterocycles. The molecule has 7 nitrogen and oxygen atoms in total. The second-order valence-electron chi connectivity index (χ2n) is 4.98. The van der Waals surface area contributed by atoms with Gasteiger partial charge in [-0.1, -0.05) is 12.1 Å². The van der Waals surface area contributed by atoms with Crippen LogP contribution in [-0.2, 0) is 17.9 Å². The molecule has 112 valence electrons. The van der Waals surface area contributed by atoms with E-state index in [0.29, 0.717) is 12.2 Å². The first kappa shape index (κ1) is 14.0. The van der Waals surface area contributed by atoms with Gasteiger partial charge in [-0.05, 0) is 23.8 Å². The van der Waals surface area contributed by atoms with Gasteiger partial charge in [0.25, 0.3) is 0 Å². The van der Waals surface area contributed by atoms with Crippen molar-refractivity contribution in [2.45, 2.75) is 13.1 Å². The highest BCUT2D eigenvalue weighted by Crippen LogP contribution is 2.02. The zero-order chi connectivity index (χ0) is 15.5. The molecule has 0 atom stereocenters. The van der Waals surface area contributed by atoms with Gasteiger partial charge in [0.1, 0.15) is 6.54 Å². The van der Waals surface area contributed by atoms with Gasteiger partial charge in [-0.25, -0.2) is 9.48 Å². The zero-order valence-corrected chi connectivity index (χ0v) is 12.1. The minimum Gasteiger partial charge on any atom is -0.340 e. The SMILES string of the molecule is CN(Cc1cccnc1)C(=O)Cn1nc2ccccn2c1=O. The Morgan fingerprint density at radius 3 is 2.86 bits per heavy atom. The summed E-state index contributed by atoms with van der Waals surface area (Å²) in [5.74, 6) is -0.186. The van der Waals surface area contributed by atoms with Crippen LogP contribution in [0.1, 0.15) is 5.56 Å². The molecule has 0 aliphatic carbocycles. The fraction of sp³-hybridized carbons (Fsp3) is 0.200. The van der Waals surface area contributed by atoms with Gasteiger partial charge in [0, 0.05) is 32.2 Å². The summed E-state index contributed by atoms with van der Waals surface area (Å²) in [5, 5.41) is 4.15. The predicted molar refractivity (Wildman–Crippen MR) is 80.2 cm³/mol. The van der Waals surface area contributed by atoms with E-state index in [9.17, 15) is 9.59 Å². The normalized spacial score (nSPS) is 10.8. The number of carbonyl (C=O) groups excluding carboxylic acids is 1. The standard InChI is InChI=1S/C15H15N5O2/c1-18(10-12-5-4-7-16-9-12)14(21)11-20-15(22)19-8-3-2-6-13(19)17-20/h2-9H,10-11H2,1H3. The molecule has 0 radical (unpaired) electrons. The van der Waals surface area contributed by atoms with Crippen LogP contribution in [0.25, 0.3) is 5.65 Å². The van der Waals surface area contributed by atoms with Crippen LogP contribution < -0.4 is 5.69 Å². The van der Waals surface area contributed by atoms with E-state index in [4.69, 9.17) is 0 Å². The van der Waals surface area contributed by atoms with Gasteiger partial charge in [-0.3, -0.25) is 14.2 Å². The lowest BCUT2D eigenvalue weighted by Crippen LogP contribution is -2.34. The monoisotopic (exact) mass is 297 g/mol. The van der Waals surface area contributed by atoms with E-state index in [-0.39, 0.29) is 18.1 Å². The molecule has 0 fully saturated rings. The van der Waals surface area contributed by atoms with Gasteiger partial charge in [0.05, 0.1) is 0 Å². The summed E-state index contributed by atoms with van der Waals surface area (Å²) in [4.78, 5) is 29.9. The van der Waals surface area contributed by atoms with Crippen molar-refractivity contribution >= 4 is 11.6 Å². The maximum atomic E-state index is 12.2. The molecule has 0 saturated heterocycles. The zero-order valence-electron chi connectivity index (χ0n) is 12.1. The number of likely N-dealkylation sites (N-methyl/N-ethyl adjacent to an activating group) is 1. The van der Waals surface area contributed by atoms with Gasteiger partial charge in [0.15, 0.2) is 5.65 Å². The highest BCUT2D eigenvalue weighted by molar-refractivity contribution is 5.75. The van der Waals surface area contributed by atoms with Crippen molar-refractivity contribution in [2.75, 3.05) is 7.05 Å². The molecule has 0 bridgehead atoms. The van der Waals surface area contributed by atoms with Crippen molar-refractivity contribution in [2.24, 2.45) is 0 Å². The van der Waals surface area contributed by atoms with E-state index in [0.717, 1.165) is 5.56 Å². The van der Waals surface area contributed by atoms with Crippen molar-refractivity contribution < 1.29 is 4.79 Å². The number of fused-ring (bicyclic) bond motifs is 1. The molecular formula is C15H15N5O2. The van der Waals surface area contributed by atoms with E-state index in [2.05, 4.69) is 10.1 Å². The number of rotatable bonds is 4. The summed E-state index contributed by atoms with van der Waals surface area (Å²) < 4.78 is 2.59. The van der Waals surface area contributed by atoms with Crippen molar-refractivity contribution in [3.05, 3.63) is 65.0 Å². The number of aromatic nitrogens is 4. The molecule has 0 N–H and O–H groups in total. The smallest absolute Gasteiger partial charge is 0.340 e. The molecule has 3 aromatic heterocycles. The largest absolute Gasteiger partial charge is 0.350 e. The summed E-state index contributed by atoms with van der Waals surface area (Å²) in [6.45, 7) is 0.353. The molecule has 0 aromatic carbocycles. The summed E-state index contributed by atoms with van der Waals surface area (Å²) in [6, 6.07) is 8.98. The Bertz CT molecular complexity index is 853. The van der Waals surface area contributed by atoms with Crippen LogP contribution >= 0.6 is 0 Å². The molecule has 0 aliphatic heterocycles. The highest BCUT2D eigenvalue weighted by Gasteiger charge is 2.14. The third-order valence-electron chi connectivity index (χ3n) is 3.34.